The third-order valence-corrected chi connectivity index (χ3v) is 4.08. The van der Waals surface area contributed by atoms with E-state index in [1.54, 1.807) is 36.1 Å². The molecule has 1 saturated heterocycles. The van der Waals surface area contributed by atoms with Gasteiger partial charge >= 0.3 is 0 Å². The predicted octanol–water partition coefficient (Wildman–Crippen LogP) is 1.25. The summed E-state index contributed by atoms with van der Waals surface area (Å²) < 4.78 is 13.1. The summed E-state index contributed by atoms with van der Waals surface area (Å²) in [5.41, 5.74) is 6.03. The third-order valence-electron chi connectivity index (χ3n) is 4.08. The van der Waals surface area contributed by atoms with Crippen LogP contribution in [-0.4, -0.2) is 53.8 Å². The van der Waals surface area contributed by atoms with Crippen molar-refractivity contribution in [1.29, 1.82) is 0 Å². The van der Waals surface area contributed by atoms with Crippen molar-refractivity contribution in [3.8, 4) is 0 Å². The van der Waals surface area contributed by atoms with Gasteiger partial charge in [-0.05, 0) is 24.6 Å². The highest BCUT2D eigenvalue weighted by molar-refractivity contribution is 5.80. The molecule has 6 heteroatoms. The minimum absolute atomic E-state index is 0.0315. The van der Waals surface area contributed by atoms with Crippen LogP contribution in [0.1, 0.15) is 18.9 Å². The normalized spacial score (nSPS) is 17.4. The Balaban J connectivity index is 1.80. The molecule has 2 rings (SSSR count). The van der Waals surface area contributed by atoms with E-state index >= 15 is 0 Å². The number of carbonyl (C=O) groups excluding carboxylic acids is 2. The zero-order chi connectivity index (χ0) is 16.8. The molecule has 5 nitrogen and oxygen atoms in total. The number of carbonyl (C=O) groups is 2. The number of nitrogens with zero attached hydrogens (tertiary/aromatic N) is 2. The molecule has 23 heavy (non-hydrogen) atoms. The van der Waals surface area contributed by atoms with Gasteiger partial charge in [-0.2, -0.15) is 0 Å². The quantitative estimate of drug-likeness (QED) is 0.888. The van der Waals surface area contributed by atoms with Gasteiger partial charge in [0.05, 0.1) is 6.04 Å². The van der Waals surface area contributed by atoms with Crippen molar-refractivity contribution in [1.82, 2.24) is 9.80 Å². The fourth-order valence-corrected chi connectivity index (χ4v) is 2.57. The number of amides is 2. The van der Waals surface area contributed by atoms with E-state index < -0.39 is 0 Å². The maximum atomic E-state index is 13.1. The summed E-state index contributed by atoms with van der Waals surface area (Å²) in [5.74, 6) is -0.606. The number of halogens is 1. The highest BCUT2D eigenvalue weighted by atomic mass is 19.1. The van der Waals surface area contributed by atoms with E-state index in [1.807, 2.05) is 4.90 Å². The van der Waals surface area contributed by atoms with Crippen LogP contribution >= 0.6 is 0 Å². The van der Waals surface area contributed by atoms with Crippen LogP contribution in [0, 0.1) is 5.82 Å². The zero-order valence-corrected chi connectivity index (χ0v) is 13.2. The van der Waals surface area contributed by atoms with Crippen LogP contribution in [0.5, 0.6) is 0 Å². The van der Waals surface area contributed by atoms with Gasteiger partial charge in [-0.25, -0.2) is 4.39 Å². The number of hydrogen-bond donors (Lipinski definition) is 1. The average Bonchev–Trinajstić information content (AvgIpc) is 2.54. The number of primary amides is 1. The summed E-state index contributed by atoms with van der Waals surface area (Å²) in [6, 6.07) is 5.92. The molecule has 0 aliphatic carbocycles. The number of hydrogen-bond acceptors (Lipinski definition) is 3. The highest BCUT2D eigenvalue weighted by Crippen LogP contribution is 2.09. The van der Waals surface area contributed by atoms with Crippen LogP contribution in [0.2, 0.25) is 0 Å². The number of nitrogens with two attached hydrogens (primary N) is 1. The Morgan fingerprint density at radius 1 is 1.30 bits per heavy atom. The first kappa shape index (κ1) is 17.1. The monoisotopic (exact) mass is 319 g/mol. The molecule has 0 radical (unpaired) electrons. The summed E-state index contributed by atoms with van der Waals surface area (Å²) in [6.07, 6.45) is 3.77. The van der Waals surface area contributed by atoms with Gasteiger partial charge in [0.15, 0.2) is 0 Å². The first-order chi connectivity index (χ1) is 11.0. The summed E-state index contributed by atoms with van der Waals surface area (Å²) in [6.45, 7) is 4.24. The molecule has 1 aromatic rings. The second kappa shape index (κ2) is 7.87. The van der Waals surface area contributed by atoms with Crippen LogP contribution in [0.15, 0.2) is 30.3 Å². The molecule has 0 aromatic heterocycles. The molecule has 1 fully saturated rings. The number of benzene rings is 1. The molecule has 124 valence electrons. The van der Waals surface area contributed by atoms with Crippen molar-refractivity contribution in [3.05, 3.63) is 41.7 Å². The molecular weight excluding hydrogens is 297 g/mol. The maximum Gasteiger partial charge on any atom is 0.234 e. The lowest BCUT2D eigenvalue weighted by Crippen LogP contribution is -2.54. The third kappa shape index (κ3) is 4.89. The second-order valence-corrected chi connectivity index (χ2v) is 5.66. The molecule has 1 atom stereocenters. The van der Waals surface area contributed by atoms with Gasteiger partial charge in [0.1, 0.15) is 5.82 Å². The lowest BCUT2D eigenvalue weighted by atomic mass is 10.2. The van der Waals surface area contributed by atoms with Gasteiger partial charge in [0.25, 0.3) is 0 Å². The van der Waals surface area contributed by atoms with E-state index in [0.717, 1.165) is 5.56 Å². The molecule has 0 saturated carbocycles. The van der Waals surface area contributed by atoms with Crippen molar-refractivity contribution in [3.63, 3.8) is 0 Å². The standard InChI is InChI=1S/C17H22FN3O2/c1-13(17(19)23)20-8-10-21(11-9-20)16(22)7-3-5-14-4-2-6-15(18)12-14/h2-6,12-13H,7-11H2,1H3,(H2,19,23)/b5-3+. The minimum atomic E-state index is -0.345. The van der Waals surface area contributed by atoms with E-state index in [4.69, 9.17) is 5.73 Å². The molecule has 0 spiro atoms. The van der Waals surface area contributed by atoms with Gasteiger partial charge in [-0.3, -0.25) is 14.5 Å². The largest absolute Gasteiger partial charge is 0.368 e. The molecule has 1 unspecified atom stereocenters. The zero-order valence-electron chi connectivity index (χ0n) is 13.2. The average molecular weight is 319 g/mol. The van der Waals surface area contributed by atoms with Crippen molar-refractivity contribution >= 4 is 17.9 Å². The molecule has 1 aromatic carbocycles. The summed E-state index contributed by atoms with van der Waals surface area (Å²) in [5, 5.41) is 0. The highest BCUT2D eigenvalue weighted by Gasteiger charge is 2.25. The first-order valence-corrected chi connectivity index (χ1v) is 7.70. The Morgan fingerprint density at radius 3 is 2.61 bits per heavy atom. The fraction of sp³-hybridized carbons (Fsp3) is 0.412. The van der Waals surface area contributed by atoms with Crippen molar-refractivity contribution < 1.29 is 14.0 Å². The topological polar surface area (TPSA) is 66.6 Å². The molecule has 0 bridgehead atoms. The summed E-state index contributed by atoms with van der Waals surface area (Å²) in [4.78, 5) is 27.1. The molecule has 1 aliphatic heterocycles. The molecule has 2 amide bonds. The van der Waals surface area contributed by atoms with Crippen LogP contribution in [-0.2, 0) is 9.59 Å². The van der Waals surface area contributed by atoms with Gasteiger partial charge in [0, 0.05) is 32.6 Å². The van der Waals surface area contributed by atoms with Crippen molar-refractivity contribution in [2.24, 2.45) is 5.73 Å². The Bertz CT molecular complexity index is 595. The van der Waals surface area contributed by atoms with E-state index in [1.165, 1.54) is 12.1 Å². The van der Waals surface area contributed by atoms with Crippen LogP contribution in [0.4, 0.5) is 4.39 Å². The number of piperazine rings is 1. The Morgan fingerprint density at radius 2 is 2.00 bits per heavy atom. The van der Waals surface area contributed by atoms with Crippen molar-refractivity contribution in [2.45, 2.75) is 19.4 Å². The van der Waals surface area contributed by atoms with E-state index in [-0.39, 0.29) is 30.1 Å². The van der Waals surface area contributed by atoms with Crippen LogP contribution in [0.3, 0.4) is 0 Å². The molecular formula is C17H22FN3O2. The van der Waals surface area contributed by atoms with Gasteiger partial charge in [-0.15, -0.1) is 0 Å². The van der Waals surface area contributed by atoms with Gasteiger partial charge in [0.2, 0.25) is 11.8 Å². The SMILES string of the molecule is CC(C(N)=O)N1CCN(C(=O)C/C=C/c2cccc(F)c2)CC1. The first-order valence-electron chi connectivity index (χ1n) is 7.70. The van der Waals surface area contributed by atoms with E-state index in [0.29, 0.717) is 26.2 Å². The molecule has 1 heterocycles. The van der Waals surface area contributed by atoms with E-state index in [2.05, 4.69) is 0 Å². The molecule has 1 aliphatic rings. The van der Waals surface area contributed by atoms with E-state index in [9.17, 15) is 14.0 Å². The second-order valence-electron chi connectivity index (χ2n) is 5.66. The predicted molar refractivity (Wildman–Crippen MR) is 86.9 cm³/mol. The summed E-state index contributed by atoms with van der Waals surface area (Å²) in [7, 11) is 0. The molecule has 2 N–H and O–H groups in total. The van der Waals surface area contributed by atoms with Gasteiger partial charge in [-0.1, -0.05) is 24.3 Å². The summed E-state index contributed by atoms with van der Waals surface area (Å²) >= 11 is 0. The lowest BCUT2D eigenvalue weighted by molar-refractivity contribution is -0.133. The maximum absolute atomic E-state index is 13.1. The minimum Gasteiger partial charge on any atom is -0.368 e. The fourth-order valence-electron chi connectivity index (χ4n) is 2.57. The Kier molecular flexibility index (Phi) is 5.87. The number of rotatable bonds is 5. The van der Waals surface area contributed by atoms with Crippen LogP contribution < -0.4 is 5.73 Å². The van der Waals surface area contributed by atoms with Gasteiger partial charge < -0.3 is 10.6 Å². The van der Waals surface area contributed by atoms with Crippen LogP contribution in [0.25, 0.3) is 6.08 Å². The Hall–Kier alpha value is -2.21. The lowest BCUT2D eigenvalue weighted by Gasteiger charge is -2.36. The smallest absolute Gasteiger partial charge is 0.234 e. The van der Waals surface area contributed by atoms with Crippen molar-refractivity contribution in [2.75, 3.05) is 26.2 Å². The Labute approximate surface area is 135 Å².